The first-order chi connectivity index (χ1) is 8.28. The molecule has 0 amide bonds. The lowest BCUT2D eigenvalue weighted by atomic mass is 9.84. The van der Waals surface area contributed by atoms with E-state index in [9.17, 15) is 4.79 Å². The Morgan fingerprint density at radius 2 is 2.35 bits per heavy atom. The van der Waals surface area contributed by atoms with Crippen LogP contribution >= 0.6 is 0 Å². The molecule has 1 heterocycles. The molecular weight excluding hydrogens is 212 g/mol. The molecule has 1 aromatic heterocycles. The van der Waals surface area contributed by atoms with E-state index >= 15 is 0 Å². The van der Waals surface area contributed by atoms with Crippen LogP contribution in [0.4, 0.5) is 0 Å². The molecule has 3 heteroatoms. The molecule has 3 rings (SSSR count). The molecule has 2 fully saturated rings. The molecule has 0 aromatic carbocycles. The van der Waals surface area contributed by atoms with Gasteiger partial charge in [0, 0.05) is 18.7 Å². The summed E-state index contributed by atoms with van der Waals surface area (Å²) in [5, 5.41) is 4.26. The second-order valence-corrected chi connectivity index (χ2v) is 5.64. The Hall–Kier alpha value is -1.12. The molecule has 2 aliphatic rings. The number of hydrogen-bond donors (Lipinski definition) is 0. The van der Waals surface area contributed by atoms with Gasteiger partial charge in [-0.25, -0.2) is 0 Å². The van der Waals surface area contributed by atoms with Crippen molar-refractivity contribution in [2.24, 2.45) is 17.8 Å². The smallest absolute Gasteiger partial charge is 0.169 e. The van der Waals surface area contributed by atoms with E-state index in [-0.39, 0.29) is 0 Å². The van der Waals surface area contributed by atoms with Crippen molar-refractivity contribution in [2.45, 2.75) is 45.6 Å². The van der Waals surface area contributed by atoms with Crippen molar-refractivity contribution >= 4 is 5.78 Å². The number of ketones is 1. The van der Waals surface area contributed by atoms with Crippen molar-refractivity contribution in [1.29, 1.82) is 0 Å². The van der Waals surface area contributed by atoms with Crippen molar-refractivity contribution < 1.29 is 4.79 Å². The predicted octanol–water partition coefficient (Wildman–Crippen LogP) is 2.91. The molecule has 0 spiro atoms. The zero-order chi connectivity index (χ0) is 11.8. The summed E-state index contributed by atoms with van der Waals surface area (Å²) in [5.41, 5.74) is 0.830. The maximum Gasteiger partial charge on any atom is 0.169 e. The summed E-state index contributed by atoms with van der Waals surface area (Å²) in [7, 11) is 0. The summed E-state index contributed by atoms with van der Waals surface area (Å²) in [6.07, 6.45) is 9.78. The third-order valence-corrected chi connectivity index (χ3v) is 4.45. The molecule has 3 unspecified atom stereocenters. The molecule has 0 N–H and O–H groups in total. The number of carbonyl (C=O) groups excluding carboxylic acids is 1. The summed E-state index contributed by atoms with van der Waals surface area (Å²) < 4.78 is 1.89. The Balaban J connectivity index is 1.73. The van der Waals surface area contributed by atoms with Crippen molar-refractivity contribution in [3.63, 3.8) is 0 Å². The molecule has 0 saturated heterocycles. The van der Waals surface area contributed by atoms with Crippen LogP contribution in [-0.4, -0.2) is 15.6 Å². The van der Waals surface area contributed by atoms with Crippen molar-refractivity contribution in [1.82, 2.24) is 9.78 Å². The second-order valence-electron chi connectivity index (χ2n) is 5.64. The number of Topliss-reactive ketones (excluding diaryl/α,β-unsaturated/α-hetero) is 1. The molecule has 3 atom stereocenters. The normalized spacial score (nSPS) is 31.0. The molecule has 1 aromatic rings. The first-order valence-electron chi connectivity index (χ1n) is 6.84. The summed E-state index contributed by atoms with van der Waals surface area (Å²) in [5.74, 6) is 2.15. The van der Waals surface area contributed by atoms with Gasteiger partial charge in [0.15, 0.2) is 5.78 Å². The Labute approximate surface area is 102 Å². The minimum absolute atomic E-state index is 0.299. The SMILES string of the molecule is CCCn1cc(C(=O)C2CC3CCC2C3)cn1. The predicted molar refractivity (Wildman–Crippen MR) is 65.8 cm³/mol. The van der Waals surface area contributed by atoms with Crippen LogP contribution in [0.5, 0.6) is 0 Å². The van der Waals surface area contributed by atoms with Gasteiger partial charge < -0.3 is 0 Å². The van der Waals surface area contributed by atoms with Crippen molar-refractivity contribution in [2.75, 3.05) is 0 Å². The zero-order valence-electron chi connectivity index (χ0n) is 10.4. The van der Waals surface area contributed by atoms with Gasteiger partial charge in [0.2, 0.25) is 0 Å². The fourth-order valence-corrected chi connectivity index (χ4v) is 3.62. The van der Waals surface area contributed by atoms with Crippen molar-refractivity contribution in [3.8, 4) is 0 Å². The van der Waals surface area contributed by atoms with E-state index < -0.39 is 0 Å². The van der Waals surface area contributed by atoms with E-state index in [0.29, 0.717) is 17.6 Å². The molecule has 17 heavy (non-hydrogen) atoms. The lowest BCUT2D eigenvalue weighted by Crippen LogP contribution is -2.20. The number of aryl methyl sites for hydroxylation is 1. The fraction of sp³-hybridized carbons (Fsp3) is 0.714. The van der Waals surface area contributed by atoms with Gasteiger partial charge in [-0.15, -0.1) is 0 Å². The number of nitrogens with zero attached hydrogens (tertiary/aromatic N) is 2. The first-order valence-corrected chi connectivity index (χ1v) is 6.84. The number of carbonyl (C=O) groups is 1. The summed E-state index contributed by atoms with van der Waals surface area (Å²) >= 11 is 0. The third kappa shape index (κ3) is 1.92. The van der Waals surface area contributed by atoms with Gasteiger partial charge >= 0.3 is 0 Å². The molecular formula is C14H20N2O. The molecule has 2 aliphatic carbocycles. The van der Waals surface area contributed by atoms with Gasteiger partial charge in [0.05, 0.1) is 11.8 Å². The van der Waals surface area contributed by atoms with Crippen LogP contribution < -0.4 is 0 Å². The largest absolute Gasteiger partial charge is 0.294 e. The number of aromatic nitrogens is 2. The van der Waals surface area contributed by atoms with E-state index in [0.717, 1.165) is 30.9 Å². The molecule has 0 aliphatic heterocycles. The average molecular weight is 232 g/mol. The monoisotopic (exact) mass is 232 g/mol. The van der Waals surface area contributed by atoms with E-state index in [2.05, 4.69) is 12.0 Å². The Bertz CT molecular complexity index is 424. The van der Waals surface area contributed by atoms with E-state index in [1.54, 1.807) is 6.20 Å². The Kier molecular flexibility index (Phi) is 2.77. The molecule has 0 radical (unpaired) electrons. The number of hydrogen-bond acceptors (Lipinski definition) is 2. The number of fused-ring (bicyclic) bond motifs is 2. The Morgan fingerprint density at radius 1 is 1.47 bits per heavy atom. The molecule has 3 nitrogen and oxygen atoms in total. The zero-order valence-corrected chi connectivity index (χ0v) is 10.4. The minimum Gasteiger partial charge on any atom is -0.294 e. The fourth-order valence-electron chi connectivity index (χ4n) is 3.62. The summed E-state index contributed by atoms with van der Waals surface area (Å²) in [6.45, 7) is 3.03. The van der Waals surface area contributed by atoms with E-state index in [4.69, 9.17) is 0 Å². The van der Waals surface area contributed by atoms with Crippen LogP contribution in [-0.2, 0) is 6.54 Å². The highest BCUT2D eigenvalue weighted by Crippen LogP contribution is 2.49. The topological polar surface area (TPSA) is 34.9 Å². The van der Waals surface area contributed by atoms with Crippen LogP contribution in [0.25, 0.3) is 0 Å². The first kappa shape index (κ1) is 11.0. The van der Waals surface area contributed by atoms with Crippen LogP contribution in [0, 0.1) is 17.8 Å². The van der Waals surface area contributed by atoms with Crippen LogP contribution in [0.3, 0.4) is 0 Å². The van der Waals surface area contributed by atoms with Crippen LogP contribution in [0.15, 0.2) is 12.4 Å². The Morgan fingerprint density at radius 3 is 3.00 bits per heavy atom. The molecule has 92 valence electrons. The second kappa shape index (κ2) is 4.28. The number of rotatable bonds is 4. The lowest BCUT2D eigenvalue weighted by Gasteiger charge is -2.19. The van der Waals surface area contributed by atoms with Gasteiger partial charge in [0.25, 0.3) is 0 Å². The van der Waals surface area contributed by atoms with Gasteiger partial charge in [-0.3, -0.25) is 9.48 Å². The highest BCUT2D eigenvalue weighted by Gasteiger charge is 2.43. The average Bonchev–Trinajstić information content (AvgIpc) is 3.03. The molecule has 2 bridgehead atoms. The van der Waals surface area contributed by atoms with Gasteiger partial charge in [-0.2, -0.15) is 5.10 Å². The van der Waals surface area contributed by atoms with Gasteiger partial charge in [-0.05, 0) is 37.5 Å². The maximum absolute atomic E-state index is 12.4. The highest BCUT2D eigenvalue weighted by atomic mass is 16.1. The quantitative estimate of drug-likeness (QED) is 0.748. The van der Waals surface area contributed by atoms with E-state index in [1.165, 1.54) is 19.3 Å². The minimum atomic E-state index is 0.299. The third-order valence-electron chi connectivity index (χ3n) is 4.45. The van der Waals surface area contributed by atoms with Gasteiger partial charge in [-0.1, -0.05) is 13.3 Å². The summed E-state index contributed by atoms with van der Waals surface area (Å²) in [6, 6.07) is 0. The van der Waals surface area contributed by atoms with Crippen molar-refractivity contribution in [3.05, 3.63) is 18.0 Å². The lowest BCUT2D eigenvalue weighted by molar-refractivity contribution is 0.0874. The van der Waals surface area contributed by atoms with E-state index in [1.807, 2.05) is 10.9 Å². The van der Waals surface area contributed by atoms with Crippen LogP contribution in [0.2, 0.25) is 0 Å². The maximum atomic E-state index is 12.4. The van der Waals surface area contributed by atoms with Crippen LogP contribution in [0.1, 0.15) is 49.4 Å². The highest BCUT2D eigenvalue weighted by molar-refractivity contribution is 5.97. The standard InChI is InChI=1S/C14H20N2O/c1-2-5-16-9-12(8-15-16)14(17)13-7-10-3-4-11(13)6-10/h8-11,13H,2-7H2,1H3. The van der Waals surface area contributed by atoms with Gasteiger partial charge in [0.1, 0.15) is 0 Å². The summed E-state index contributed by atoms with van der Waals surface area (Å²) in [4.78, 5) is 12.4. The molecule has 2 saturated carbocycles.